The van der Waals surface area contributed by atoms with E-state index in [9.17, 15) is 0 Å². The predicted molar refractivity (Wildman–Crippen MR) is 74.5 cm³/mol. The first-order valence-electron chi connectivity index (χ1n) is 6.53. The topological polar surface area (TPSA) is 42.1 Å². The van der Waals surface area contributed by atoms with Crippen LogP contribution >= 0.6 is 11.3 Å². The fraction of sp³-hybridized carbons (Fsp3) is 0.769. The van der Waals surface area contributed by atoms with Gasteiger partial charge in [0.2, 0.25) is 0 Å². The maximum atomic E-state index is 5.88. The first-order chi connectivity index (χ1) is 8.09. The molecule has 3 unspecified atom stereocenters. The zero-order valence-electron chi connectivity index (χ0n) is 11.0. The second-order valence-corrected chi connectivity index (χ2v) is 6.31. The molecule has 0 aromatic carbocycles. The maximum absolute atomic E-state index is 5.88. The van der Waals surface area contributed by atoms with Crippen molar-refractivity contribution in [3.8, 4) is 0 Å². The largest absolute Gasteiger partial charge is 0.348 e. The molecular weight excluding hydrogens is 230 g/mol. The summed E-state index contributed by atoms with van der Waals surface area (Å²) in [7, 11) is 2.18. The molecule has 3 atom stereocenters. The normalized spacial score (nSPS) is 26.8. The minimum atomic E-state index is 0.0958. The number of rotatable bonds is 3. The Bertz CT molecular complexity index is 361. The number of aromatic nitrogens is 1. The van der Waals surface area contributed by atoms with Gasteiger partial charge in [0.1, 0.15) is 0 Å². The third-order valence-corrected chi connectivity index (χ3v) is 5.11. The van der Waals surface area contributed by atoms with Crippen molar-refractivity contribution in [2.24, 2.45) is 11.7 Å². The van der Waals surface area contributed by atoms with Gasteiger partial charge in [-0.1, -0.05) is 19.8 Å². The van der Waals surface area contributed by atoms with E-state index in [1.807, 2.05) is 13.1 Å². The van der Waals surface area contributed by atoms with Crippen LogP contribution in [0.5, 0.6) is 0 Å². The molecule has 4 heteroatoms. The van der Waals surface area contributed by atoms with Crippen LogP contribution < -0.4 is 10.6 Å². The van der Waals surface area contributed by atoms with E-state index in [-0.39, 0.29) is 6.04 Å². The summed E-state index contributed by atoms with van der Waals surface area (Å²) in [5, 5.41) is 1.12. The molecule has 0 aliphatic heterocycles. The first kappa shape index (κ1) is 12.8. The van der Waals surface area contributed by atoms with Crippen molar-refractivity contribution >= 4 is 16.5 Å². The molecule has 3 nitrogen and oxygen atoms in total. The van der Waals surface area contributed by atoms with Crippen LogP contribution in [-0.2, 0) is 0 Å². The molecule has 0 saturated heterocycles. The minimum Gasteiger partial charge on any atom is -0.348 e. The van der Waals surface area contributed by atoms with E-state index < -0.39 is 0 Å². The Labute approximate surface area is 108 Å². The summed E-state index contributed by atoms with van der Waals surface area (Å²) in [6.45, 7) is 4.38. The van der Waals surface area contributed by atoms with Gasteiger partial charge in [0.25, 0.3) is 0 Å². The molecule has 0 radical (unpaired) electrons. The Kier molecular flexibility index (Phi) is 4.05. The molecule has 1 fully saturated rings. The molecule has 0 spiro atoms. The van der Waals surface area contributed by atoms with Crippen molar-refractivity contribution < 1.29 is 0 Å². The second-order valence-electron chi connectivity index (χ2n) is 5.27. The molecule has 1 saturated carbocycles. The highest BCUT2D eigenvalue weighted by atomic mass is 32.1. The highest BCUT2D eigenvalue weighted by Crippen LogP contribution is 2.33. The lowest BCUT2D eigenvalue weighted by Crippen LogP contribution is -2.38. The number of hydrogen-bond donors (Lipinski definition) is 1. The Morgan fingerprint density at radius 2 is 2.18 bits per heavy atom. The van der Waals surface area contributed by atoms with Crippen LogP contribution in [0, 0.1) is 5.92 Å². The predicted octanol–water partition coefficient (Wildman–Crippen LogP) is 3.18. The smallest absolute Gasteiger partial charge is 0.185 e. The lowest BCUT2D eigenvalue weighted by molar-refractivity contribution is 0.321. The maximum Gasteiger partial charge on any atom is 0.185 e. The first-order valence-corrected chi connectivity index (χ1v) is 7.35. The molecule has 0 amide bonds. The zero-order chi connectivity index (χ0) is 12.4. The fourth-order valence-electron chi connectivity index (χ4n) is 2.66. The van der Waals surface area contributed by atoms with Crippen LogP contribution in [0.3, 0.4) is 0 Å². The van der Waals surface area contributed by atoms with E-state index in [1.165, 1.54) is 30.6 Å². The molecule has 1 aromatic rings. The summed E-state index contributed by atoms with van der Waals surface area (Å²) >= 11 is 1.73. The van der Waals surface area contributed by atoms with Gasteiger partial charge in [0.05, 0.1) is 0 Å². The number of anilines is 1. The SMILES string of the molecule is CC(N)c1cnc(N(C)C2CCCCC2C)s1. The van der Waals surface area contributed by atoms with Crippen LogP contribution in [0.4, 0.5) is 5.13 Å². The standard InChI is InChI=1S/C13H23N3S/c1-9-6-4-5-7-11(9)16(3)13-15-8-12(17-13)10(2)14/h8-11H,4-7,14H2,1-3H3. The zero-order valence-corrected chi connectivity index (χ0v) is 11.8. The summed E-state index contributed by atoms with van der Waals surface area (Å²) in [5.41, 5.74) is 5.88. The van der Waals surface area contributed by atoms with Crippen molar-refractivity contribution in [3.63, 3.8) is 0 Å². The minimum absolute atomic E-state index is 0.0958. The molecular formula is C13H23N3S. The molecule has 96 valence electrons. The Hall–Kier alpha value is -0.610. The number of nitrogens with two attached hydrogens (primary N) is 1. The van der Waals surface area contributed by atoms with E-state index in [1.54, 1.807) is 11.3 Å². The Balaban J connectivity index is 2.09. The van der Waals surface area contributed by atoms with Gasteiger partial charge in [-0.15, -0.1) is 11.3 Å². The highest BCUT2D eigenvalue weighted by molar-refractivity contribution is 7.15. The average molecular weight is 253 g/mol. The van der Waals surface area contributed by atoms with Crippen LogP contribution in [0.2, 0.25) is 0 Å². The summed E-state index contributed by atoms with van der Waals surface area (Å²) in [6, 6.07) is 0.745. The molecule has 1 aromatic heterocycles. The van der Waals surface area contributed by atoms with Crippen molar-refractivity contribution in [1.82, 2.24) is 4.98 Å². The lowest BCUT2D eigenvalue weighted by Gasteiger charge is -2.36. The van der Waals surface area contributed by atoms with Gasteiger partial charge in [0.15, 0.2) is 5.13 Å². The van der Waals surface area contributed by atoms with E-state index >= 15 is 0 Å². The molecule has 17 heavy (non-hydrogen) atoms. The van der Waals surface area contributed by atoms with Crippen molar-refractivity contribution in [3.05, 3.63) is 11.1 Å². The number of nitrogens with zero attached hydrogens (tertiary/aromatic N) is 2. The summed E-state index contributed by atoms with van der Waals surface area (Å²) in [5.74, 6) is 0.774. The lowest BCUT2D eigenvalue weighted by atomic mass is 9.85. The van der Waals surface area contributed by atoms with E-state index in [4.69, 9.17) is 5.73 Å². The quantitative estimate of drug-likeness (QED) is 0.899. The number of hydrogen-bond acceptors (Lipinski definition) is 4. The van der Waals surface area contributed by atoms with Crippen molar-refractivity contribution in [2.45, 2.75) is 51.6 Å². The van der Waals surface area contributed by atoms with Gasteiger partial charge in [0, 0.05) is 30.2 Å². The Morgan fingerprint density at radius 3 is 2.76 bits per heavy atom. The van der Waals surface area contributed by atoms with Crippen molar-refractivity contribution in [2.75, 3.05) is 11.9 Å². The van der Waals surface area contributed by atoms with Gasteiger partial charge in [-0.2, -0.15) is 0 Å². The average Bonchev–Trinajstić information content (AvgIpc) is 2.78. The van der Waals surface area contributed by atoms with Crippen molar-refractivity contribution in [1.29, 1.82) is 0 Å². The van der Waals surface area contributed by atoms with Gasteiger partial charge in [-0.05, 0) is 25.7 Å². The van der Waals surface area contributed by atoms with Crippen LogP contribution in [0.1, 0.15) is 50.4 Å². The van der Waals surface area contributed by atoms with Gasteiger partial charge >= 0.3 is 0 Å². The van der Waals surface area contributed by atoms with Gasteiger partial charge in [-0.3, -0.25) is 0 Å². The summed E-state index contributed by atoms with van der Waals surface area (Å²) in [4.78, 5) is 8.05. The van der Waals surface area contributed by atoms with Gasteiger partial charge in [-0.25, -0.2) is 4.98 Å². The van der Waals surface area contributed by atoms with E-state index in [0.29, 0.717) is 6.04 Å². The fourth-order valence-corrected chi connectivity index (χ4v) is 3.55. The van der Waals surface area contributed by atoms with Crippen LogP contribution in [0.25, 0.3) is 0 Å². The summed E-state index contributed by atoms with van der Waals surface area (Å²) in [6.07, 6.45) is 7.30. The summed E-state index contributed by atoms with van der Waals surface area (Å²) < 4.78 is 0. The second kappa shape index (κ2) is 5.36. The molecule has 2 rings (SSSR count). The van der Waals surface area contributed by atoms with E-state index in [2.05, 4.69) is 23.9 Å². The molecule has 1 heterocycles. The van der Waals surface area contributed by atoms with E-state index in [0.717, 1.165) is 11.0 Å². The van der Waals surface area contributed by atoms with Gasteiger partial charge < -0.3 is 10.6 Å². The monoisotopic (exact) mass is 253 g/mol. The molecule has 2 N–H and O–H groups in total. The molecule has 1 aliphatic carbocycles. The molecule has 1 aliphatic rings. The third-order valence-electron chi connectivity index (χ3n) is 3.83. The highest BCUT2D eigenvalue weighted by Gasteiger charge is 2.26. The molecule has 0 bridgehead atoms. The van der Waals surface area contributed by atoms with Crippen LogP contribution in [-0.4, -0.2) is 18.1 Å². The third kappa shape index (κ3) is 2.80. The number of thiazole rings is 1. The van der Waals surface area contributed by atoms with Crippen LogP contribution in [0.15, 0.2) is 6.20 Å². The Morgan fingerprint density at radius 1 is 1.47 bits per heavy atom.